The number of halogens is 3. The predicted octanol–water partition coefficient (Wildman–Crippen LogP) is 1.51. The summed E-state index contributed by atoms with van der Waals surface area (Å²) in [5.41, 5.74) is -3.47. The van der Waals surface area contributed by atoms with Crippen molar-refractivity contribution >= 4 is 12.0 Å². The van der Waals surface area contributed by atoms with Gasteiger partial charge in [-0.05, 0) is 31.6 Å². The van der Waals surface area contributed by atoms with E-state index in [1.54, 1.807) is 0 Å². The minimum absolute atomic E-state index is 0.148. The van der Waals surface area contributed by atoms with Gasteiger partial charge in [-0.2, -0.15) is 13.2 Å². The second-order valence-corrected chi connectivity index (χ2v) is 5.48. The number of carboxylic acid groups (broad SMARTS) is 1. The Kier molecular flexibility index (Phi) is 5.08. The Balaban J connectivity index is 2.55. The van der Waals surface area contributed by atoms with Crippen molar-refractivity contribution in [2.24, 2.45) is 5.41 Å². The summed E-state index contributed by atoms with van der Waals surface area (Å²) in [6.45, 7) is 1.10. The molecule has 0 spiro atoms. The van der Waals surface area contributed by atoms with E-state index in [0.717, 1.165) is 12.8 Å². The van der Waals surface area contributed by atoms with Crippen LogP contribution in [0.4, 0.5) is 18.0 Å². The number of carboxylic acids is 1. The van der Waals surface area contributed by atoms with Gasteiger partial charge in [-0.15, -0.1) is 0 Å². The van der Waals surface area contributed by atoms with Crippen molar-refractivity contribution in [1.82, 2.24) is 10.6 Å². The van der Waals surface area contributed by atoms with Gasteiger partial charge < -0.3 is 20.5 Å². The summed E-state index contributed by atoms with van der Waals surface area (Å²) in [5.74, 6) is -2.16. The molecule has 1 aliphatic carbocycles. The number of ether oxygens (including phenoxy) is 1. The van der Waals surface area contributed by atoms with Crippen LogP contribution in [-0.4, -0.2) is 49.1 Å². The molecule has 2 amide bonds. The standard InChI is InChI=1S/C12H19F3N2O4/c1-10(8(18)19,12(13,14)15)17-9(20)16-7-11(3-4-11)5-6-21-2/h3-7H2,1-2H3,(H,18,19)(H2,16,17,20). The van der Waals surface area contributed by atoms with Crippen LogP contribution in [0.15, 0.2) is 0 Å². The third-order valence-corrected chi connectivity index (χ3v) is 3.78. The maximum atomic E-state index is 12.7. The van der Waals surface area contributed by atoms with Crippen molar-refractivity contribution in [2.45, 2.75) is 37.9 Å². The van der Waals surface area contributed by atoms with Crippen molar-refractivity contribution in [2.75, 3.05) is 20.3 Å². The Bertz CT molecular complexity index is 410. The highest BCUT2D eigenvalue weighted by atomic mass is 19.4. The molecule has 1 saturated carbocycles. The highest BCUT2D eigenvalue weighted by Crippen LogP contribution is 2.48. The van der Waals surface area contributed by atoms with Crippen LogP contribution in [0, 0.1) is 5.41 Å². The molecule has 0 bridgehead atoms. The lowest BCUT2D eigenvalue weighted by Gasteiger charge is -2.29. The fourth-order valence-electron chi connectivity index (χ4n) is 1.80. The number of carbonyl (C=O) groups is 2. The zero-order valence-electron chi connectivity index (χ0n) is 11.8. The first kappa shape index (κ1) is 17.5. The molecule has 1 aliphatic rings. The maximum Gasteiger partial charge on any atom is 0.422 e. The Morgan fingerprint density at radius 3 is 2.29 bits per heavy atom. The minimum Gasteiger partial charge on any atom is -0.479 e. The second kappa shape index (κ2) is 6.08. The summed E-state index contributed by atoms with van der Waals surface area (Å²) in [7, 11) is 1.54. The lowest BCUT2D eigenvalue weighted by atomic mass is 10.0. The Morgan fingerprint density at radius 1 is 1.33 bits per heavy atom. The molecule has 1 unspecified atom stereocenters. The summed E-state index contributed by atoms with van der Waals surface area (Å²) in [6.07, 6.45) is -2.69. The predicted molar refractivity (Wildman–Crippen MR) is 66.8 cm³/mol. The highest BCUT2D eigenvalue weighted by Gasteiger charge is 2.58. The molecule has 122 valence electrons. The normalized spacial score (nSPS) is 19.5. The Hall–Kier alpha value is -1.51. The summed E-state index contributed by atoms with van der Waals surface area (Å²) in [6, 6.07) is -1.15. The number of hydrogen-bond acceptors (Lipinski definition) is 3. The number of alkyl halides is 3. The Labute approximate surface area is 120 Å². The molecule has 0 saturated heterocycles. The van der Waals surface area contributed by atoms with Crippen LogP contribution in [0.2, 0.25) is 0 Å². The van der Waals surface area contributed by atoms with E-state index in [1.165, 1.54) is 12.4 Å². The van der Waals surface area contributed by atoms with Crippen molar-refractivity contribution < 1.29 is 32.6 Å². The Morgan fingerprint density at radius 2 is 1.90 bits per heavy atom. The van der Waals surface area contributed by atoms with Crippen molar-refractivity contribution in [3.63, 3.8) is 0 Å². The molecule has 3 N–H and O–H groups in total. The largest absolute Gasteiger partial charge is 0.479 e. The lowest BCUT2D eigenvalue weighted by molar-refractivity contribution is -0.203. The van der Waals surface area contributed by atoms with Gasteiger partial charge in [0.25, 0.3) is 0 Å². The fraction of sp³-hybridized carbons (Fsp3) is 0.833. The van der Waals surface area contributed by atoms with E-state index in [9.17, 15) is 22.8 Å². The molecular weight excluding hydrogens is 293 g/mol. The van der Waals surface area contributed by atoms with Gasteiger partial charge in [0.05, 0.1) is 0 Å². The quantitative estimate of drug-likeness (QED) is 0.665. The van der Waals surface area contributed by atoms with E-state index in [0.29, 0.717) is 20.0 Å². The summed E-state index contributed by atoms with van der Waals surface area (Å²) in [5, 5.41) is 12.5. The molecule has 0 aromatic rings. The number of urea groups is 1. The van der Waals surface area contributed by atoms with E-state index < -0.39 is 23.7 Å². The molecule has 0 aromatic heterocycles. The van der Waals surface area contributed by atoms with E-state index >= 15 is 0 Å². The van der Waals surface area contributed by atoms with Gasteiger partial charge in [0, 0.05) is 20.3 Å². The number of aliphatic carboxylic acids is 1. The van der Waals surface area contributed by atoms with E-state index in [1.807, 2.05) is 0 Å². The fourth-order valence-corrected chi connectivity index (χ4v) is 1.80. The maximum absolute atomic E-state index is 12.7. The first-order valence-electron chi connectivity index (χ1n) is 6.41. The van der Waals surface area contributed by atoms with Gasteiger partial charge in [0.2, 0.25) is 5.54 Å². The van der Waals surface area contributed by atoms with Crippen LogP contribution in [0.5, 0.6) is 0 Å². The molecule has 1 atom stereocenters. The molecular formula is C12H19F3N2O4. The average molecular weight is 312 g/mol. The van der Waals surface area contributed by atoms with Crippen molar-refractivity contribution in [3.8, 4) is 0 Å². The molecule has 0 aromatic carbocycles. The number of carbonyl (C=O) groups excluding carboxylic acids is 1. The van der Waals surface area contributed by atoms with Crippen molar-refractivity contribution in [3.05, 3.63) is 0 Å². The van der Waals surface area contributed by atoms with Gasteiger partial charge in [-0.1, -0.05) is 0 Å². The number of methoxy groups -OCH3 is 1. The molecule has 1 fully saturated rings. The summed E-state index contributed by atoms with van der Waals surface area (Å²) in [4.78, 5) is 22.3. The smallest absolute Gasteiger partial charge is 0.422 e. The van der Waals surface area contributed by atoms with Crippen LogP contribution in [-0.2, 0) is 9.53 Å². The van der Waals surface area contributed by atoms with E-state index in [-0.39, 0.29) is 12.0 Å². The zero-order chi connectivity index (χ0) is 16.3. The molecule has 0 heterocycles. The molecule has 6 nitrogen and oxygen atoms in total. The van der Waals surface area contributed by atoms with Crippen LogP contribution in [0.3, 0.4) is 0 Å². The zero-order valence-corrected chi connectivity index (χ0v) is 11.8. The molecule has 0 radical (unpaired) electrons. The van der Waals surface area contributed by atoms with Crippen LogP contribution >= 0.6 is 0 Å². The van der Waals surface area contributed by atoms with Crippen LogP contribution in [0.25, 0.3) is 0 Å². The molecule has 0 aliphatic heterocycles. The monoisotopic (exact) mass is 312 g/mol. The summed E-state index contributed by atoms with van der Waals surface area (Å²) < 4.78 is 43.1. The SMILES string of the molecule is COCCC1(CNC(=O)NC(C)(C(=O)O)C(F)(F)F)CC1. The second-order valence-electron chi connectivity index (χ2n) is 5.48. The minimum atomic E-state index is -5.09. The first-order valence-corrected chi connectivity index (χ1v) is 6.41. The topological polar surface area (TPSA) is 87.7 Å². The average Bonchev–Trinajstić information content (AvgIpc) is 3.13. The van der Waals surface area contributed by atoms with Gasteiger partial charge in [-0.25, -0.2) is 9.59 Å². The molecule has 21 heavy (non-hydrogen) atoms. The first-order chi connectivity index (χ1) is 9.56. The van der Waals surface area contributed by atoms with E-state index in [2.05, 4.69) is 5.32 Å². The van der Waals surface area contributed by atoms with Crippen LogP contribution < -0.4 is 10.6 Å². The number of rotatable bonds is 7. The third kappa shape index (κ3) is 4.23. The molecule has 9 heteroatoms. The van der Waals surface area contributed by atoms with Gasteiger partial charge in [-0.3, -0.25) is 0 Å². The third-order valence-electron chi connectivity index (χ3n) is 3.78. The van der Waals surface area contributed by atoms with Gasteiger partial charge >= 0.3 is 18.2 Å². The van der Waals surface area contributed by atoms with E-state index in [4.69, 9.17) is 9.84 Å². The van der Waals surface area contributed by atoms with Gasteiger partial charge in [0.15, 0.2) is 0 Å². The van der Waals surface area contributed by atoms with Crippen molar-refractivity contribution in [1.29, 1.82) is 0 Å². The number of amides is 2. The van der Waals surface area contributed by atoms with Crippen LogP contribution in [0.1, 0.15) is 26.2 Å². The highest BCUT2D eigenvalue weighted by molar-refractivity contribution is 5.86. The number of nitrogens with one attached hydrogen (secondary N) is 2. The van der Waals surface area contributed by atoms with Gasteiger partial charge in [0.1, 0.15) is 0 Å². The lowest BCUT2D eigenvalue weighted by Crippen LogP contribution is -2.63. The molecule has 1 rings (SSSR count). The summed E-state index contributed by atoms with van der Waals surface area (Å²) >= 11 is 0. The number of hydrogen-bond donors (Lipinski definition) is 3.